The number of hydrogen-bond donors (Lipinski definition) is 1. The first kappa shape index (κ1) is 11.6. The van der Waals surface area contributed by atoms with Crippen LogP contribution < -0.4 is 5.32 Å². The Morgan fingerprint density at radius 2 is 1.65 bits per heavy atom. The molecule has 17 heavy (non-hydrogen) atoms. The quantitative estimate of drug-likeness (QED) is 0.827. The van der Waals surface area contributed by atoms with Crippen LogP contribution in [0.5, 0.6) is 0 Å². The Balaban J connectivity index is 2.14. The fourth-order valence-corrected chi connectivity index (χ4v) is 1.80. The minimum Gasteiger partial charge on any atom is -0.378 e. The molecule has 0 bridgehead atoms. The summed E-state index contributed by atoms with van der Waals surface area (Å²) < 4.78 is 13.6. The van der Waals surface area contributed by atoms with Crippen LogP contribution in [0.25, 0.3) is 0 Å². The number of benzene rings is 2. The minimum atomic E-state index is -0.167. The maximum atomic E-state index is 13.6. The SMILES string of the molecule is Cc1ccc(NC(C)c2ccccc2F)cc1. The second kappa shape index (κ2) is 5.00. The molecule has 0 spiro atoms. The van der Waals surface area contributed by atoms with E-state index in [1.54, 1.807) is 12.1 Å². The maximum absolute atomic E-state index is 13.6. The summed E-state index contributed by atoms with van der Waals surface area (Å²) in [6.45, 7) is 4.00. The average molecular weight is 229 g/mol. The van der Waals surface area contributed by atoms with Crippen LogP contribution in [0, 0.1) is 12.7 Å². The molecule has 0 aliphatic heterocycles. The summed E-state index contributed by atoms with van der Waals surface area (Å²) in [5.41, 5.74) is 2.91. The summed E-state index contributed by atoms with van der Waals surface area (Å²) in [5.74, 6) is -0.167. The van der Waals surface area contributed by atoms with Gasteiger partial charge in [0.2, 0.25) is 0 Å². The predicted octanol–water partition coefficient (Wildman–Crippen LogP) is 4.31. The van der Waals surface area contributed by atoms with Crippen molar-refractivity contribution in [1.82, 2.24) is 0 Å². The number of hydrogen-bond acceptors (Lipinski definition) is 1. The molecule has 0 saturated carbocycles. The van der Waals surface area contributed by atoms with Crippen LogP contribution in [0.2, 0.25) is 0 Å². The third kappa shape index (κ3) is 2.84. The zero-order chi connectivity index (χ0) is 12.3. The van der Waals surface area contributed by atoms with Crippen LogP contribution in [0.3, 0.4) is 0 Å². The highest BCUT2D eigenvalue weighted by molar-refractivity contribution is 5.46. The molecule has 0 aliphatic rings. The van der Waals surface area contributed by atoms with E-state index in [1.807, 2.05) is 44.2 Å². The molecule has 0 heterocycles. The summed E-state index contributed by atoms with van der Waals surface area (Å²) in [6, 6.07) is 14.9. The van der Waals surface area contributed by atoms with Gasteiger partial charge in [-0.3, -0.25) is 0 Å². The van der Waals surface area contributed by atoms with Crippen molar-refractivity contribution in [3.8, 4) is 0 Å². The van der Waals surface area contributed by atoms with Gasteiger partial charge in [0.1, 0.15) is 5.82 Å². The lowest BCUT2D eigenvalue weighted by atomic mass is 10.1. The topological polar surface area (TPSA) is 12.0 Å². The van der Waals surface area contributed by atoms with Crippen molar-refractivity contribution < 1.29 is 4.39 Å². The van der Waals surface area contributed by atoms with Crippen molar-refractivity contribution in [2.24, 2.45) is 0 Å². The Kier molecular flexibility index (Phi) is 3.43. The Morgan fingerprint density at radius 1 is 1.00 bits per heavy atom. The van der Waals surface area contributed by atoms with Crippen molar-refractivity contribution in [2.45, 2.75) is 19.9 Å². The highest BCUT2D eigenvalue weighted by atomic mass is 19.1. The monoisotopic (exact) mass is 229 g/mol. The molecule has 0 aromatic heterocycles. The Hall–Kier alpha value is -1.83. The fourth-order valence-electron chi connectivity index (χ4n) is 1.80. The molecule has 0 radical (unpaired) electrons. The molecule has 1 atom stereocenters. The van der Waals surface area contributed by atoms with Crippen molar-refractivity contribution >= 4 is 5.69 Å². The molecule has 1 nitrogen and oxygen atoms in total. The summed E-state index contributed by atoms with van der Waals surface area (Å²) >= 11 is 0. The highest BCUT2D eigenvalue weighted by Crippen LogP contribution is 2.21. The lowest BCUT2D eigenvalue weighted by molar-refractivity contribution is 0.600. The molecule has 0 saturated heterocycles. The van der Waals surface area contributed by atoms with E-state index in [1.165, 1.54) is 11.6 Å². The van der Waals surface area contributed by atoms with E-state index in [9.17, 15) is 4.39 Å². The molecule has 2 rings (SSSR count). The van der Waals surface area contributed by atoms with Gasteiger partial charge in [-0.05, 0) is 32.0 Å². The molecule has 2 aromatic rings. The molecule has 2 heteroatoms. The fraction of sp³-hybridized carbons (Fsp3) is 0.200. The number of anilines is 1. The highest BCUT2D eigenvalue weighted by Gasteiger charge is 2.09. The summed E-state index contributed by atoms with van der Waals surface area (Å²) in [7, 11) is 0. The second-order valence-electron chi connectivity index (χ2n) is 4.25. The van der Waals surface area contributed by atoms with Crippen LogP contribution in [-0.4, -0.2) is 0 Å². The van der Waals surface area contributed by atoms with Gasteiger partial charge in [-0.1, -0.05) is 35.9 Å². The van der Waals surface area contributed by atoms with Gasteiger partial charge >= 0.3 is 0 Å². The van der Waals surface area contributed by atoms with Gasteiger partial charge in [-0.2, -0.15) is 0 Å². The number of halogens is 1. The molecule has 1 N–H and O–H groups in total. The third-order valence-corrected chi connectivity index (χ3v) is 2.81. The van der Waals surface area contributed by atoms with Gasteiger partial charge in [-0.25, -0.2) is 4.39 Å². The number of nitrogens with one attached hydrogen (secondary N) is 1. The van der Waals surface area contributed by atoms with E-state index in [4.69, 9.17) is 0 Å². The van der Waals surface area contributed by atoms with Crippen molar-refractivity contribution in [1.29, 1.82) is 0 Å². The Bertz CT molecular complexity index is 491. The molecule has 0 fully saturated rings. The van der Waals surface area contributed by atoms with E-state index < -0.39 is 0 Å². The van der Waals surface area contributed by atoms with Crippen molar-refractivity contribution in [3.05, 3.63) is 65.5 Å². The van der Waals surface area contributed by atoms with E-state index >= 15 is 0 Å². The molecular formula is C15H16FN. The van der Waals surface area contributed by atoms with Gasteiger partial charge < -0.3 is 5.32 Å². The Labute approximate surface area is 101 Å². The first-order valence-corrected chi connectivity index (χ1v) is 5.74. The van der Waals surface area contributed by atoms with Crippen molar-refractivity contribution in [3.63, 3.8) is 0 Å². The predicted molar refractivity (Wildman–Crippen MR) is 69.6 cm³/mol. The smallest absolute Gasteiger partial charge is 0.128 e. The number of rotatable bonds is 3. The van der Waals surface area contributed by atoms with Crippen LogP contribution >= 0.6 is 0 Å². The van der Waals surface area contributed by atoms with E-state index in [0.29, 0.717) is 5.56 Å². The van der Waals surface area contributed by atoms with Gasteiger partial charge in [0, 0.05) is 11.3 Å². The summed E-state index contributed by atoms with van der Waals surface area (Å²) in [5, 5.41) is 3.29. The van der Waals surface area contributed by atoms with E-state index in [0.717, 1.165) is 5.69 Å². The molecule has 0 amide bonds. The summed E-state index contributed by atoms with van der Waals surface area (Å²) in [4.78, 5) is 0. The van der Waals surface area contributed by atoms with Crippen LogP contribution in [0.15, 0.2) is 48.5 Å². The average Bonchev–Trinajstić information content (AvgIpc) is 2.32. The largest absolute Gasteiger partial charge is 0.378 e. The van der Waals surface area contributed by atoms with Crippen molar-refractivity contribution in [2.75, 3.05) is 5.32 Å². The van der Waals surface area contributed by atoms with Gasteiger partial charge in [0.15, 0.2) is 0 Å². The van der Waals surface area contributed by atoms with E-state index in [-0.39, 0.29) is 11.9 Å². The summed E-state index contributed by atoms with van der Waals surface area (Å²) in [6.07, 6.45) is 0. The molecule has 0 aliphatic carbocycles. The van der Waals surface area contributed by atoms with Crippen LogP contribution in [-0.2, 0) is 0 Å². The zero-order valence-corrected chi connectivity index (χ0v) is 10.1. The standard InChI is InChI=1S/C15H16FN/c1-11-7-9-13(10-8-11)17-12(2)14-5-3-4-6-15(14)16/h3-10,12,17H,1-2H3. The van der Waals surface area contributed by atoms with Gasteiger partial charge in [0.25, 0.3) is 0 Å². The normalized spacial score (nSPS) is 12.2. The van der Waals surface area contributed by atoms with E-state index in [2.05, 4.69) is 5.32 Å². The minimum absolute atomic E-state index is 0.0427. The third-order valence-electron chi connectivity index (χ3n) is 2.81. The van der Waals surface area contributed by atoms with Crippen LogP contribution in [0.4, 0.5) is 10.1 Å². The molecule has 2 aromatic carbocycles. The molecule has 1 unspecified atom stereocenters. The lowest BCUT2D eigenvalue weighted by Gasteiger charge is -2.16. The maximum Gasteiger partial charge on any atom is 0.128 e. The van der Waals surface area contributed by atoms with Crippen LogP contribution in [0.1, 0.15) is 24.1 Å². The first-order valence-electron chi connectivity index (χ1n) is 5.74. The molecular weight excluding hydrogens is 213 g/mol. The first-order chi connectivity index (χ1) is 8.16. The molecule has 88 valence electrons. The van der Waals surface area contributed by atoms with Gasteiger partial charge in [0.05, 0.1) is 6.04 Å². The lowest BCUT2D eigenvalue weighted by Crippen LogP contribution is -2.08. The Morgan fingerprint density at radius 3 is 2.29 bits per heavy atom. The number of aryl methyl sites for hydroxylation is 1. The second-order valence-corrected chi connectivity index (χ2v) is 4.25. The zero-order valence-electron chi connectivity index (χ0n) is 10.1. The van der Waals surface area contributed by atoms with Gasteiger partial charge in [-0.15, -0.1) is 0 Å².